The van der Waals surface area contributed by atoms with Crippen molar-refractivity contribution in [1.82, 2.24) is 10.2 Å². The van der Waals surface area contributed by atoms with E-state index in [1.54, 1.807) is 18.2 Å². The topological polar surface area (TPSA) is 41.6 Å². The zero-order chi connectivity index (χ0) is 17.4. The maximum absolute atomic E-state index is 13.8. The van der Waals surface area contributed by atoms with Gasteiger partial charge in [-0.2, -0.15) is 0 Å². The number of carbonyl (C=O) groups is 1. The molecular formula is C19H18F2N2O2. The number of likely N-dealkylation sites (tertiary alicyclic amines) is 1. The first-order chi connectivity index (χ1) is 12.0. The predicted molar refractivity (Wildman–Crippen MR) is 88.1 cm³/mol. The van der Waals surface area contributed by atoms with Crippen LogP contribution in [0.5, 0.6) is 5.75 Å². The van der Waals surface area contributed by atoms with Crippen LogP contribution in [0, 0.1) is 11.6 Å². The minimum absolute atomic E-state index is 0.133. The molecule has 4 rings (SSSR count). The monoisotopic (exact) mass is 344 g/mol. The summed E-state index contributed by atoms with van der Waals surface area (Å²) in [5.41, 5.74) is 0.162. The van der Waals surface area contributed by atoms with Crippen LogP contribution in [0.3, 0.4) is 0 Å². The van der Waals surface area contributed by atoms with Crippen molar-refractivity contribution in [2.75, 3.05) is 13.1 Å². The molecule has 0 unspecified atom stereocenters. The summed E-state index contributed by atoms with van der Waals surface area (Å²) in [6.45, 7) is 1.58. The molecule has 0 saturated carbocycles. The van der Waals surface area contributed by atoms with Crippen LogP contribution in [0.15, 0.2) is 42.5 Å². The van der Waals surface area contributed by atoms with Gasteiger partial charge >= 0.3 is 0 Å². The Kier molecular flexibility index (Phi) is 3.92. The van der Waals surface area contributed by atoms with E-state index in [4.69, 9.17) is 4.74 Å². The molecule has 1 fully saturated rings. The fourth-order valence-electron chi connectivity index (χ4n) is 3.46. The molecule has 1 amide bonds. The van der Waals surface area contributed by atoms with Crippen molar-refractivity contribution in [2.24, 2.45) is 0 Å². The van der Waals surface area contributed by atoms with Gasteiger partial charge in [-0.3, -0.25) is 9.69 Å². The van der Waals surface area contributed by atoms with Gasteiger partial charge in [0.2, 0.25) is 0 Å². The van der Waals surface area contributed by atoms with Gasteiger partial charge in [0.05, 0.1) is 5.56 Å². The minimum atomic E-state index is -0.720. The van der Waals surface area contributed by atoms with Crippen LogP contribution >= 0.6 is 0 Å². The molecular weight excluding hydrogens is 326 g/mol. The molecule has 2 aliphatic heterocycles. The molecule has 2 aromatic carbocycles. The van der Waals surface area contributed by atoms with Gasteiger partial charge in [-0.1, -0.05) is 12.1 Å². The van der Waals surface area contributed by atoms with Crippen LogP contribution < -0.4 is 10.1 Å². The summed E-state index contributed by atoms with van der Waals surface area (Å²) in [5.74, 6) is -0.385. The molecule has 2 aliphatic rings. The number of fused-ring (bicyclic) bond motifs is 1. The molecule has 0 bridgehead atoms. The van der Waals surface area contributed by atoms with Gasteiger partial charge < -0.3 is 10.1 Å². The molecule has 2 heterocycles. The van der Waals surface area contributed by atoms with Gasteiger partial charge in [0.15, 0.2) is 5.72 Å². The first kappa shape index (κ1) is 16.0. The molecule has 0 aromatic heterocycles. The van der Waals surface area contributed by atoms with Crippen molar-refractivity contribution in [3.63, 3.8) is 0 Å². The SMILES string of the molecule is O=C1NC2(CCN(Cc3cc(F)ccc3F)CC2)Oc2ccccc21. The Morgan fingerprint density at radius 1 is 1.12 bits per heavy atom. The van der Waals surface area contributed by atoms with Crippen LogP contribution in [0.25, 0.3) is 0 Å². The number of rotatable bonds is 2. The summed E-state index contributed by atoms with van der Waals surface area (Å²) in [7, 11) is 0. The second-order valence-corrected chi connectivity index (χ2v) is 6.56. The van der Waals surface area contributed by atoms with Crippen molar-refractivity contribution in [2.45, 2.75) is 25.1 Å². The van der Waals surface area contributed by atoms with E-state index in [1.165, 1.54) is 6.07 Å². The standard InChI is InChI=1S/C19H18F2N2O2/c20-14-5-6-16(21)13(11-14)12-23-9-7-19(8-10-23)22-18(24)15-3-1-2-4-17(15)25-19/h1-6,11H,7-10,12H2,(H,22,24). The van der Waals surface area contributed by atoms with Crippen LogP contribution in [-0.4, -0.2) is 29.6 Å². The number of nitrogens with one attached hydrogen (secondary N) is 1. The zero-order valence-electron chi connectivity index (χ0n) is 13.6. The number of nitrogens with zero attached hydrogens (tertiary/aromatic N) is 1. The van der Waals surface area contributed by atoms with Crippen LogP contribution in [-0.2, 0) is 6.54 Å². The predicted octanol–water partition coefficient (Wildman–Crippen LogP) is 3.08. The summed E-state index contributed by atoms with van der Waals surface area (Å²) in [6, 6.07) is 10.7. The van der Waals surface area contributed by atoms with Gasteiger partial charge in [-0.05, 0) is 30.3 Å². The molecule has 4 nitrogen and oxygen atoms in total. The average Bonchev–Trinajstić information content (AvgIpc) is 2.60. The maximum Gasteiger partial charge on any atom is 0.258 e. The number of hydrogen-bond donors (Lipinski definition) is 1. The molecule has 130 valence electrons. The van der Waals surface area contributed by atoms with E-state index in [2.05, 4.69) is 5.32 Å². The molecule has 25 heavy (non-hydrogen) atoms. The maximum atomic E-state index is 13.8. The van der Waals surface area contributed by atoms with E-state index >= 15 is 0 Å². The lowest BCUT2D eigenvalue weighted by atomic mass is 9.96. The largest absolute Gasteiger partial charge is 0.467 e. The third kappa shape index (κ3) is 3.09. The van der Waals surface area contributed by atoms with Gasteiger partial charge in [0.25, 0.3) is 5.91 Å². The molecule has 1 N–H and O–H groups in total. The average molecular weight is 344 g/mol. The Balaban J connectivity index is 1.45. The summed E-state index contributed by atoms with van der Waals surface area (Å²) in [6.07, 6.45) is 1.17. The molecule has 1 spiro atoms. The van der Waals surface area contributed by atoms with Gasteiger partial charge in [-0.25, -0.2) is 8.78 Å². The minimum Gasteiger partial charge on any atom is -0.467 e. The lowest BCUT2D eigenvalue weighted by molar-refractivity contribution is -0.0305. The Bertz CT molecular complexity index is 817. The molecule has 6 heteroatoms. The third-order valence-electron chi connectivity index (χ3n) is 4.84. The lowest BCUT2D eigenvalue weighted by Gasteiger charge is -2.44. The fraction of sp³-hybridized carbons (Fsp3) is 0.316. The zero-order valence-corrected chi connectivity index (χ0v) is 13.6. The molecule has 1 saturated heterocycles. The van der Waals surface area contributed by atoms with E-state index < -0.39 is 17.4 Å². The number of ether oxygens (including phenoxy) is 1. The Morgan fingerprint density at radius 2 is 1.88 bits per heavy atom. The number of halogens is 2. The summed E-state index contributed by atoms with van der Waals surface area (Å²) in [5, 5.41) is 2.97. The van der Waals surface area contributed by atoms with Crippen molar-refractivity contribution in [3.05, 3.63) is 65.2 Å². The molecule has 2 aromatic rings. The van der Waals surface area contributed by atoms with Gasteiger partial charge in [0.1, 0.15) is 17.4 Å². The van der Waals surface area contributed by atoms with E-state index in [0.717, 1.165) is 12.1 Å². The lowest BCUT2D eigenvalue weighted by Crippen LogP contribution is -2.60. The Labute approximate surface area is 144 Å². The normalized spacial score (nSPS) is 19.2. The van der Waals surface area contributed by atoms with Gasteiger partial charge in [0, 0.05) is 38.0 Å². The van der Waals surface area contributed by atoms with Crippen LogP contribution in [0.2, 0.25) is 0 Å². The number of hydrogen-bond acceptors (Lipinski definition) is 3. The van der Waals surface area contributed by atoms with Crippen molar-refractivity contribution in [1.29, 1.82) is 0 Å². The van der Waals surface area contributed by atoms with E-state index in [9.17, 15) is 13.6 Å². The van der Waals surface area contributed by atoms with E-state index in [-0.39, 0.29) is 5.91 Å². The number of benzene rings is 2. The quantitative estimate of drug-likeness (QED) is 0.910. The number of carbonyl (C=O) groups excluding carboxylic acids is 1. The second-order valence-electron chi connectivity index (χ2n) is 6.56. The first-order valence-corrected chi connectivity index (χ1v) is 8.32. The summed E-state index contributed by atoms with van der Waals surface area (Å²) < 4.78 is 33.2. The second kappa shape index (κ2) is 6.11. The highest BCUT2D eigenvalue weighted by molar-refractivity contribution is 5.98. The third-order valence-corrected chi connectivity index (χ3v) is 4.84. The number of para-hydroxylation sites is 1. The summed E-state index contributed by atoms with van der Waals surface area (Å²) >= 11 is 0. The van der Waals surface area contributed by atoms with Crippen LogP contribution in [0.1, 0.15) is 28.8 Å². The summed E-state index contributed by atoms with van der Waals surface area (Å²) in [4.78, 5) is 14.4. The highest BCUT2D eigenvalue weighted by Gasteiger charge is 2.42. The van der Waals surface area contributed by atoms with E-state index in [0.29, 0.717) is 49.4 Å². The smallest absolute Gasteiger partial charge is 0.258 e. The highest BCUT2D eigenvalue weighted by Crippen LogP contribution is 2.33. The van der Waals surface area contributed by atoms with Crippen molar-refractivity contribution >= 4 is 5.91 Å². The molecule has 0 radical (unpaired) electrons. The Morgan fingerprint density at radius 3 is 2.68 bits per heavy atom. The Hall–Kier alpha value is -2.47. The molecule has 0 aliphatic carbocycles. The first-order valence-electron chi connectivity index (χ1n) is 8.32. The van der Waals surface area contributed by atoms with Crippen molar-refractivity contribution in [3.8, 4) is 5.75 Å². The van der Waals surface area contributed by atoms with Gasteiger partial charge in [-0.15, -0.1) is 0 Å². The number of piperidine rings is 1. The highest BCUT2D eigenvalue weighted by atomic mass is 19.1. The fourth-order valence-corrected chi connectivity index (χ4v) is 3.46. The molecule has 0 atom stereocenters. The van der Waals surface area contributed by atoms with E-state index in [1.807, 2.05) is 11.0 Å². The van der Waals surface area contributed by atoms with Crippen LogP contribution in [0.4, 0.5) is 8.78 Å². The number of amides is 1. The van der Waals surface area contributed by atoms with Crippen molar-refractivity contribution < 1.29 is 18.3 Å².